The van der Waals surface area contributed by atoms with Gasteiger partial charge in [-0.15, -0.1) is 0 Å². The van der Waals surface area contributed by atoms with Gasteiger partial charge in [-0.25, -0.2) is 0 Å². The van der Waals surface area contributed by atoms with Gasteiger partial charge in [-0.1, -0.05) is 12.2 Å². The highest BCUT2D eigenvalue weighted by atomic mass is 16.3. The Morgan fingerprint density at radius 2 is 2.32 bits per heavy atom. The Kier molecular flexibility index (Phi) is 3.98. The molecule has 1 aromatic rings. The molecule has 1 aliphatic carbocycles. The van der Waals surface area contributed by atoms with Crippen molar-refractivity contribution in [2.24, 2.45) is 5.92 Å². The second kappa shape index (κ2) is 5.68. The minimum absolute atomic E-state index is 0.0281. The molecule has 1 aliphatic rings. The van der Waals surface area contributed by atoms with Gasteiger partial charge in [-0.3, -0.25) is 4.79 Å². The number of hydrogen-bond donors (Lipinski definition) is 2. The quantitative estimate of drug-likeness (QED) is 0.805. The number of nitrogens with zero attached hydrogens (tertiary/aromatic N) is 1. The van der Waals surface area contributed by atoms with Crippen molar-refractivity contribution in [3.05, 3.63) is 47.0 Å². The van der Waals surface area contributed by atoms with Crippen molar-refractivity contribution < 1.29 is 9.90 Å². The zero-order chi connectivity index (χ0) is 13.8. The van der Waals surface area contributed by atoms with E-state index in [0.717, 1.165) is 12.0 Å². The molecule has 0 saturated carbocycles. The highest BCUT2D eigenvalue weighted by Gasteiger charge is 2.20. The van der Waals surface area contributed by atoms with E-state index in [0.29, 0.717) is 11.1 Å². The summed E-state index contributed by atoms with van der Waals surface area (Å²) in [4.78, 5) is 12.1. The number of aryl methyl sites for hydroxylation is 1. The van der Waals surface area contributed by atoms with Crippen LogP contribution in [0, 0.1) is 24.2 Å². The SMILES string of the molecule is Cc1cc(C#N)ccc1C(=O)N[C@@H]1C=C[C@H](CO)C1. The van der Waals surface area contributed by atoms with E-state index in [1.807, 2.05) is 25.1 Å². The third kappa shape index (κ3) is 3.01. The van der Waals surface area contributed by atoms with E-state index in [1.165, 1.54) is 0 Å². The van der Waals surface area contributed by atoms with Crippen LogP contribution in [0.3, 0.4) is 0 Å². The van der Waals surface area contributed by atoms with Crippen LogP contribution in [0.4, 0.5) is 0 Å². The number of rotatable bonds is 3. The molecule has 0 spiro atoms. The summed E-state index contributed by atoms with van der Waals surface area (Å²) < 4.78 is 0. The summed E-state index contributed by atoms with van der Waals surface area (Å²) in [6.07, 6.45) is 4.58. The summed E-state index contributed by atoms with van der Waals surface area (Å²) in [6.45, 7) is 1.93. The number of aliphatic hydroxyl groups is 1. The number of aliphatic hydroxyl groups excluding tert-OH is 1. The Balaban J connectivity index is 2.05. The standard InChI is InChI=1S/C15H16N2O2/c1-10-6-11(8-16)3-5-14(10)15(19)17-13-4-2-12(7-13)9-18/h2-6,12-13,18H,7,9H2,1H3,(H,17,19)/t12-,13+/m0/s1. The van der Waals surface area contributed by atoms with Crippen LogP contribution in [0.2, 0.25) is 0 Å². The minimum Gasteiger partial charge on any atom is -0.396 e. The lowest BCUT2D eigenvalue weighted by atomic mass is 10.0. The molecule has 98 valence electrons. The first-order valence-corrected chi connectivity index (χ1v) is 6.25. The monoisotopic (exact) mass is 256 g/mol. The second-order valence-corrected chi connectivity index (χ2v) is 4.78. The van der Waals surface area contributed by atoms with E-state index in [2.05, 4.69) is 5.32 Å². The maximum absolute atomic E-state index is 12.1. The molecule has 0 fully saturated rings. The Morgan fingerprint density at radius 3 is 2.89 bits per heavy atom. The third-order valence-electron chi connectivity index (χ3n) is 3.32. The number of amides is 1. The lowest BCUT2D eigenvalue weighted by Crippen LogP contribution is -2.33. The molecular weight excluding hydrogens is 240 g/mol. The average molecular weight is 256 g/mol. The summed E-state index contributed by atoms with van der Waals surface area (Å²) >= 11 is 0. The average Bonchev–Trinajstić information content (AvgIpc) is 2.86. The topological polar surface area (TPSA) is 73.1 Å². The molecule has 1 aromatic carbocycles. The molecule has 2 N–H and O–H groups in total. The molecule has 2 rings (SSSR count). The highest BCUT2D eigenvalue weighted by molar-refractivity contribution is 5.96. The minimum atomic E-state index is -0.143. The molecule has 0 bridgehead atoms. The van der Waals surface area contributed by atoms with Crippen LogP contribution >= 0.6 is 0 Å². The molecule has 0 aliphatic heterocycles. The first-order chi connectivity index (χ1) is 9.13. The van der Waals surface area contributed by atoms with Crippen LogP contribution in [0.15, 0.2) is 30.4 Å². The van der Waals surface area contributed by atoms with Gasteiger partial charge in [0, 0.05) is 24.1 Å². The fourth-order valence-corrected chi connectivity index (χ4v) is 2.25. The molecular formula is C15H16N2O2. The van der Waals surface area contributed by atoms with Crippen LogP contribution in [-0.4, -0.2) is 23.7 Å². The van der Waals surface area contributed by atoms with E-state index in [1.54, 1.807) is 18.2 Å². The van der Waals surface area contributed by atoms with Gasteiger partial charge in [0.05, 0.1) is 11.6 Å². The molecule has 4 nitrogen and oxygen atoms in total. The molecule has 0 radical (unpaired) electrons. The van der Waals surface area contributed by atoms with Crippen molar-refractivity contribution >= 4 is 5.91 Å². The normalized spacial score (nSPS) is 21.1. The smallest absolute Gasteiger partial charge is 0.252 e. The van der Waals surface area contributed by atoms with Crippen molar-refractivity contribution in [2.75, 3.05) is 6.61 Å². The lowest BCUT2D eigenvalue weighted by molar-refractivity contribution is 0.0940. The van der Waals surface area contributed by atoms with Crippen LogP contribution in [0.25, 0.3) is 0 Å². The molecule has 0 aromatic heterocycles. The Morgan fingerprint density at radius 1 is 1.53 bits per heavy atom. The third-order valence-corrected chi connectivity index (χ3v) is 3.32. The van der Waals surface area contributed by atoms with E-state index in [-0.39, 0.29) is 24.5 Å². The van der Waals surface area contributed by atoms with Gasteiger partial charge in [-0.05, 0) is 37.1 Å². The zero-order valence-corrected chi connectivity index (χ0v) is 10.8. The number of nitriles is 1. The van der Waals surface area contributed by atoms with E-state index >= 15 is 0 Å². The van der Waals surface area contributed by atoms with Crippen molar-refractivity contribution in [2.45, 2.75) is 19.4 Å². The zero-order valence-electron chi connectivity index (χ0n) is 10.8. The van der Waals surface area contributed by atoms with E-state index in [9.17, 15) is 4.79 Å². The molecule has 1 amide bonds. The van der Waals surface area contributed by atoms with E-state index < -0.39 is 0 Å². The second-order valence-electron chi connectivity index (χ2n) is 4.78. The van der Waals surface area contributed by atoms with Crippen molar-refractivity contribution in [3.8, 4) is 6.07 Å². The van der Waals surface area contributed by atoms with Gasteiger partial charge in [0.25, 0.3) is 5.91 Å². The fraction of sp³-hybridized carbons (Fsp3) is 0.333. The Hall–Kier alpha value is -2.12. The summed E-state index contributed by atoms with van der Waals surface area (Å²) in [6, 6.07) is 7.04. The molecule has 0 heterocycles. The molecule has 0 unspecified atom stereocenters. The van der Waals surface area contributed by atoms with Gasteiger partial charge in [0.15, 0.2) is 0 Å². The largest absolute Gasteiger partial charge is 0.396 e. The molecule has 2 atom stereocenters. The van der Waals surface area contributed by atoms with Gasteiger partial charge < -0.3 is 10.4 Å². The number of hydrogen-bond acceptors (Lipinski definition) is 3. The van der Waals surface area contributed by atoms with Crippen LogP contribution < -0.4 is 5.32 Å². The van der Waals surface area contributed by atoms with Crippen LogP contribution in [0.5, 0.6) is 0 Å². The van der Waals surface area contributed by atoms with Crippen molar-refractivity contribution in [1.29, 1.82) is 5.26 Å². The lowest BCUT2D eigenvalue weighted by Gasteiger charge is -2.14. The molecule has 4 heteroatoms. The molecule has 0 saturated heterocycles. The maximum atomic E-state index is 12.1. The Labute approximate surface area is 112 Å². The van der Waals surface area contributed by atoms with Crippen molar-refractivity contribution in [3.63, 3.8) is 0 Å². The van der Waals surface area contributed by atoms with Crippen molar-refractivity contribution in [1.82, 2.24) is 5.32 Å². The number of nitrogens with one attached hydrogen (secondary N) is 1. The van der Waals surface area contributed by atoms with Gasteiger partial charge >= 0.3 is 0 Å². The van der Waals surface area contributed by atoms with Gasteiger partial charge in [0.1, 0.15) is 0 Å². The molecule has 19 heavy (non-hydrogen) atoms. The van der Waals surface area contributed by atoms with E-state index in [4.69, 9.17) is 10.4 Å². The van der Waals surface area contributed by atoms with Gasteiger partial charge in [0.2, 0.25) is 0 Å². The highest BCUT2D eigenvalue weighted by Crippen LogP contribution is 2.18. The Bertz CT molecular complexity index is 558. The fourth-order valence-electron chi connectivity index (χ4n) is 2.25. The number of carbonyl (C=O) groups excluding carboxylic acids is 1. The number of benzene rings is 1. The first-order valence-electron chi connectivity index (χ1n) is 6.25. The van der Waals surface area contributed by atoms with Gasteiger partial charge in [-0.2, -0.15) is 5.26 Å². The van der Waals surface area contributed by atoms with Crippen LogP contribution in [-0.2, 0) is 0 Å². The number of carbonyl (C=O) groups is 1. The summed E-state index contributed by atoms with van der Waals surface area (Å²) in [5.74, 6) is -0.0115. The van der Waals surface area contributed by atoms with Crippen LogP contribution in [0.1, 0.15) is 27.9 Å². The summed E-state index contributed by atoms with van der Waals surface area (Å²) in [7, 11) is 0. The summed E-state index contributed by atoms with van der Waals surface area (Å²) in [5, 5.41) is 20.8. The predicted molar refractivity (Wildman–Crippen MR) is 71.5 cm³/mol. The maximum Gasteiger partial charge on any atom is 0.252 e. The first kappa shape index (κ1) is 13.3. The predicted octanol–water partition coefficient (Wildman–Crippen LogP) is 1.53. The summed E-state index contributed by atoms with van der Waals surface area (Å²) in [5.41, 5.74) is 1.92.